The number of nitrogens with one attached hydrogen (secondary N) is 2. The van der Waals surface area contributed by atoms with Crippen LogP contribution in [-0.2, 0) is 0 Å². The van der Waals surface area contributed by atoms with E-state index in [0.29, 0.717) is 34.0 Å². The molecule has 174 valence electrons. The number of carbonyl (C=O) groups excluding carboxylic acids is 1. The Morgan fingerprint density at radius 1 is 1.21 bits per heavy atom. The van der Waals surface area contributed by atoms with Gasteiger partial charge in [-0.15, -0.1) is 0 Å². The molecular formula is C24H24FN7O2. The lowest BCUT2D eigenvalue weighted by atomic mass is 10.1. The van der Waals surface area contributed by atoms with Crippen molar-refractivity contribution in [3.8, 4) is 17.0 Å². The van der Waals surface area contributed by atoms with Crippen molar-refractivity contribution in [1.29, 1.82) is 0 Å². The van der Waals surface area contributed by atoms with E-state index in [4.69, 9.17) is 15.6 Å². The average molecular weight is 462 g/mol. The largest absolute Gasteiger partial charge is 0.495 e. The Balaban J connectivity index is 1.54. The molecule has 1 aliphatic rings. The first-order valence-corrected chi connectivity index (χ1v) is 11.0. The zero-order valence-corrected chi connectivity index (χ0v) is 18.6. The number of ether oxygens (including phenoxy) is 1. The first-order chi connectivity index (χ1) is 16.6. The molecule has 2 aromatic heterocycles. The molecular weight excluding hydrogens is 437 g/mol. The third-order valence-electron chi connectivity index (χ3n) is 6.01. The number of amides is 1. The number of halogens is 1. The van der Waals surface area contributed by atoms with Crippen LogP contribution in [0.15, 0.2) is 48.8 Å². The number of benzene rings is 2. The van der Waals surface area contributed by atoms with E-state index in [1.165, 1.54) is 31.6 Å². The number of rotatable bonds is 5. The molecule has 1 saturated heterocycles. The summed E-state index contributed by atoms with van der Waals surface area (Å²) in [6, 6.07) is 11.3. The molecule has 0 radical (unpaired) electrons. The normalized spacial score (nSPS) is 14.3. The number of nitrogens with two attached hydrogens (primary N) is 1. The van der Waals surface area contributed by atoms with Crippen molar-refractivity contribution in [2.24, 2.45) is 0 Å². The van der Waals surface area contributed by atoms with Crippen LogP contribution in [0.4, 0.5) is 15.9 Å². The standard InChI is InChI=1S/C24H24FN7O2/c1-34-19-12-14(6-7-18(19)30-24(33)16-4-2-3-5-17(16)25)21-20-22(26)28-13-29-23(20)32(31-21)15-8-10-27-11-9-15/h2-7,12-13,15,27H,8-11H2,1H3,(H,30,33)(H2,26,28,29). The van der Waals surface area contributed by atoms with Crippen LogP contribution < -0.4 is 21.1 Å². The minimum atomic E-state index is -0.596. The highest BCUT2D eigenvalue weighted by Crippen LogP contribution is 2.37. The van der Waals surface area contributed by atoms with Gasteiger partial charge in [0.15, 0.2) is 5.65 Å². The molecule has 9 nitrogen and oxygen atoms in total. The second kappa shape index (κ2) is 9.06. The Morgan fingerprint density at radius 2 is 2.00 bits per heavy atom. The first-order valence-electron chi connectivity index (χ1n) is 11.0. The lowest BCUT2D eigenvalue weighted by Crippen LogP contribution is -2.30. The van der Waals surface area contributed by atoms with Crippen LogP contribution in [0.2, 0.25) is 0 Å². The Morgan fingerprint density at radius 3 is 2.76 bits per heavy atom. The molecule has 1 fully saturated rings. The molecule has 1 amide bonds. The van der Waals surface area contributed by atoms with Gasteiger partial charge in [0.2, 0.25) is 0 Å². The number of aromatic nitrogens is 4. The van der Waals surface area contributed by atoms with Crippen molar-refractivity contribution in [3.05, 3.63) is 60.2 Å². The molecule has 5 rings (SSSR count). The van der Waals surface area contributed by atoms with Gasteiger partial charge in [0.1, 0.15) is 29.4 Å². The monoisotopic (exact) mass is 461 g/mol. The van der Waals surface area contributed by atoms with Crippen LogP contribution in [0.3, 0.4) is 0 Å². The minimum absolute atomic E-state index is 0.0507. The van der Waals surface area contributed by atoms with Crippen molar-refractivity contribution in [2.45, 2.75) is 18.9 Å². The smallest absolute Gasteiger partial charge is 0.258 e. The second-order valence-corrected chi connectivity index (χ2v) is 8.08. The number of carbonyl (C=O) groups is 1. The number of nitrogen functional groups attached to an aromatic ring is 1. The fourth-order valence-electron chi connectivity index (χ4n) is 4.28. The number of hydrogen-bond acceptors (Lipinski definition) is 7. The van der Waals surface area contributed by atoms with Gasteiger partial charge in [-0.1, -0.05) is 18.2 Å². The molecule has 0 atom stereocenters. The molecule has 34 heavy (non-hydrogen) atoms. The highest BCUT2D eigenvalue weighted by Gasteiger charge is 2.24. The molecule has 4 aromatic rings. The van der Waals surface area contributed by atoms with E-state index < -0.39 is 11.7 Å². The summed E-state index contributed by atoms with van der Waals surface area (Å²) in [5.41, 5.74) is 8.66. The summed E-state index contributed by atoms with van der Waals surface area (Å²) in [6.07, 6.45) is 3.32. The van der Waals surface area contributed by atoms with Crippen molar-refractivity contribution in [1.82, 2.24) is 25.1 Å². The summed E-state index contributed by atoms with van der Waals surface area (Å²) in [7, 11) is 1.50. The maximum atomic E-state index is 14.0. The van der Waals surface area contributed by atoms with E-state index in [1.807, 2.05) is 4.68 Å². The van der Waals surface area contributed by atoms with E-state index in [0.717, 1.165) is 31.5 Å². The van der Waals surface area contributed by atoms with Gasteiger partial charge in [-0.25, -0.2) is 19.0 Å². The van der Waals surface area contributed by atoms with Gasteiger partial charge >= 0.3 is 0 Å². The maximum absolute atomic E-state index is 14.0. The van der Waals surface area contributed by atoms with Crippen molar-refractivity contribution < 1.29 is 13.9 Å². The van der Waals surface area contributed by atoms with Gasteiger partial charge < -0.3 is 21.1 Å². The lowest BCUT2D eigenvalue weighted by molar-refractivity contribution is 0.102. The average Bonchev–Trinajstić information content (AvgIpc) is 3.26. The quantitative estimate of drug-likeness (QED) is 0.417. The van der Waals surface area contributed by atoms with Crippen molar-refractivity contribution in [3.63, 3.8) is 0 Å². The molecule has 0 spiro atoms. The molecule has 3 heterocycles. The van der Waals surface area contributed by atoms with Gasteiger partial charge in [0.25, 0.3) is 5.91 Å². The third-order valence-corrected chi connectivity index (χ3v) is 6.01. The summed E-state index contributed by atoms with van der Waals surface area (Å²) < 4.78 is 21.5. The summed E-state index contributed by atoms with van der Waals surface area (Å²) in [6.45, 7) is 1.82. The lowest BCUT2D eigenvalue weighted by Gasteiger charge is -2.23. The van der Waals surface area contributed by atoms with E-state index in [1.54, 1.807) is 24.3 Å². The molecule has 0 unspecified atom stereocenters. The van der Waals surface area contributed by atoms with Gasteiger partial charge in [-0.3, -0.25) is 4.79 Å². The number of hydrogen-bond donors (Lipinski definition) is 3. The number of fused-ring (bicyclic) bond motifs is 1. The van der Waals surface area contributed by atoms with E-state index >= 15 is 0 Å². The summed E-state index contributed by atoms with van der Waals surface area (Å²) in [5.74, 6) is -0.415. The predicted molar refractivity (Wildman–Crippen MR) is 127 cm³/mol. The van der Waals surface area contributed by atoms with Crippen LogP contribution in [0.5, 0.6) is 5.75 Å². The molecule has 1 aliphatic heterocycles. The van der Waals surface area contributed by atoms with Crippen LogP contribution in [-0.4, -0.2) is 45.9 Å². The van der Waals surface area contributed by atoms with Crippen LogP contribution in [0, 0.1) is 5.82 Å². The highest BCUT2D eigenvalue weighted by atomic mass is 19.1. The molecule has 0 aliphatic carbocycles. The summed E-state index contributed by atoms with van der Waals surface area (Å²) in [4.78, 5) is 21.2. The maximum Gasteiger partial charge on any atom is 0.258 e. The molecule has 0 saturated carbocycles. The zero-order valence-electron chi connectivity index (χ0n) is 18.6. The van der Waals surface area contributed by atoms with Gasteiger partial charge in [-0.2, -0.15) is 5.10 Å². The molecule has 10 heteroatoms. The number of nitrogens with zero attached hydrogens (tertiary/aromatic N) is 4. The van der Waals surface area contributed by atoms with Gasteiger partial charge in [0.05, 0.1) is 29.8 Å². The Kier molecular flexibility index (Phi) is 5.81. The van der Waals surface area contributed by atoms with Gasteiger partial charge in [-0.05, 0) is 50.2 Å². The van der Waals surface area contributed by atoms with Crippen LogP contribution in [0.1, 0.15) is 29.2 Å². The SMILES string of the molecule is COc1cc(-c2nn(C3CCNCC3)c3ncnc(N)c23)ccc1NC(=O)c1ccccc1F. The van der Waals surface area contributed by atoms with E-state index in [-0.39, 0.29) is 11.6 Å². The third kappa shape index (κ3) is 3.92. The number of methoxy groups -OCH3 is 1. The number of piperidine rings is 1. The Hall–Kier alpha value is -4.05. The van der Waals surface area contributed by atoms with Gasteiger partial charge in [0, 0.05) is 5.56 Å². The fourth-order valence-corrected chi connectivity index (χ4v) is 4.28. The topological polar surface area (TPSA) is 120 Å². The van der Waals surface area contributed by atoms with Crippen molar-refractivity contribution >= 4 is 28.4 Å². The summed E-state index contributed by atoms with van der Waals surface area (Å²) in [5, 5.41) is 11.6. The fraction of sp³-hybridized carbons (Fsp3) is 0.250. The Bertz CT molecular complexity index is 1360. The zero-order chi connectivity index (χ0) is 23.7. The van der Waals surface area contributed by atoms with E-state index in [2.05, 4.69) is 20.6 Å². The molecule has 0 bridgehead atoms. The van der Waals surface area contributed by atoms with Crippen molar-refractivity contribution in [2.75, 3.05) is 31.2 Å². The van der Waals surface area contributed by atoms with Crippen LogP contribution in [0.25, 0.3) is 22.3 Å². The second-order valence-electron chi connectivity index (χ2n) is 8.08. The Labute approximate surface area is 195 Å². The summed E-state index contributed by atoms with van der Waals surface area (Å²) >= 11 is 0. The van der Waals surface area contributed by atoms with E-state index in [9.17, 15) is 9.18 Å². The number of anilines is 2. The first kappa shape index (κ1) is 21.8. The van der Waals surface area contributed by atoms with Crippen LogP contribution >= 0.6 is 0 Å². The molecule has 2 aromatic carbocycles. The minimum Gasteiger partial charge on any atom is -0.495 e. The predicted octanol–water partition coefficient (Wildman–Crippen LogP) is 3.40. The highest BCUT2D eigenvalue weighted by molar-refractivity contribution is 6.05. The molecule has 4 N–H and O–H groups in total.